The highest BCUT2D eigenvalue weighted by Gasteiger charge is 2.25. The minimum absolute atomic E-state index is 0.0155. The molecule has 2 aliphatic rings. The predicted molar refractivity (Wildman–Crippen MR) is 123 cm³/mol. The first kappa shape index (κ1) is 22.9. The predicted octanol–water partition coefficient (Wildman–Crippen LogP) is 3.40. The Morgan fingerprint density at radius 3 is 2.97 bits per heavy atom. The number of hydrogen-bond donors (Lipinski definition) is 2. The van der Waals surface area contributed by atoms with Crippen LogP contribution in [-0.4, -0.2) is 47.8 Å². The molecule has 2 unspecified atom stereocenters. The highest BCUT2D eigenvalue weighted by atomic mass is 32.1. The molecule has 0 aliphatic carbocycles. The zero-order valence-corrected chi connectivity index (χ0v) is 19.3. The quantitative estimate of drug-likeness (QED) is 0.637. The van der Waals surface area contributed by atoms with Gasteiger partial charge in [-0.2, -0.15) is 0 Å². The molecule has 1 aromatic carbocycles. The number of nitrogens with one attached hydrogen (secondary N) is 2. The Bertz CT molecular complexity index is 950. The third-order valence-electron chi connectivity index (χ3n) is 6.42. The van der Waals surface area contributed by atoms with E-state index in [2.05, 4.69) is 22.3 Å². The van der Waals surface area contributed by atoms with E-state index in [0.29, 0.717) is 13.1 Å². The summed E-state index contributed by atoms with van der Waals surface area (Å²) < 4.78 is 13.4. The molecule has 0 radical (unpaired) electrons. The average molecular weight is 459 g/mol. The van der Waals surface area contributed by atoms with Gasteiger partial charge >= 0.3 is 0 Å². The van der Waals surface area contributed by atoms with E-state index in [1.165, 1.54) is 16.5 Å². The largest absolute Gasteiger partial charge is 0.346 e. The van der Waals surface area contributed by atoms with Crippen LogP contribution in [-0.2, 0) is 22.6 Å². The second-order valence-corrected chi connectivity index (χ2v) is 9.72. The van der Waals surface area contributed by atoms with Crippen molar-refractivity contribution in [3.05, 3.63) is 57.5 Å². The molecule has 2 N–H and O–H groups in total. The smallest absolute Gasteiger partial charge is 0.223 e. The van der Waals surface area contributed by atoms with Gasteiger partial charge in [0.25, 0.3) is 0 Å². The number of hydrazine groups is 1. The highest BCUT2D eigenvalue weighted by molar-refractivity contribution is 7.10. The Morgan fingerprint density at radius 2 is 2.12 bits per heavy atom. The van der Waals surface area contributed by atoms with Crippen LogP contribution in [0.2, 0.25) is 0 Å². The molecular formula is C24H31FN4O2S. The number of hydrogen-bond acceptors (Lipinski definition) is 5. The third-order valence-corrected chi connectivity index (χ3v) is 7.44. The lowest BCUT2D eigenvalue weighted by atomic mass is 9.99. The minimum atomic E-state index is -0.220. The number of thiophene rings is 1. The van der Waals surface area contributed by atoms with E-state index in [9.17, 15) is 14.0 Å². The van der Waals surface area contributed by atoms with Crippen molar-refractivity contribution in [2.45, 2.75) is 57.2 Å². The first-order chi connectivity index (χ1) is 15.5. The summed E-state index contributed by atoms with van der Waals surface area (Å²) in [5.74, 6) is -0.141. The van der Waals surface area contributed by atoms with Crippen LogP contribution in [0.3, 0.4) is 0 Å². The van der Waals surface area contributed by atoms with Crippen molar-refractivity contribution in [3.8, 4) is 0 Å². The Labute approximate surface area is 192 Å². The van der Waals surface area contributed by atoms with Crippen LogP contribution < -0.4 is 10.9 Å². The number of fused-ring (bicyclic) bond motifs is 1. The number of rotatable bonds is 8. The van der Waals surface area contributed by atoms with Gasteiger partial charge in [0, 0.05) is 56.5 Å². The van der Waals surface area contributed by atoms with E-state index in [1.54, 1.807) is 35.4 Å². The van der Waals surface area contributed by atoms with Crippen LogP contribution in [0.5, 0.6) is 0 Å². The van der Waals surface area contributed by atoms with Gasteiger partial charge in [0.2, 0.25) is 11.8 Å². The maximum absolute atomic E-state index is 13.4. The lowest BCUT2D eigenvalue weighted by Crippen LogP contribution is -2.36. The number of nitrogens with zero attached hydrogens (tertiary/aromatic N) is 2. The number of amides is 2. The first-order valence-electron chi connectivity index (χ1n) is 11.3. The topological polar surface area (TPSA) is 64.7 Å². The van der Waals surface area contributed by atoms with Crippen LogP contribution >= 0.6 is 11.3 Å². The van der Waals surface area contributed by atoms with Gasteiger partial charge in [0.1, 0.15) is 5.82 Å². The molecule has 0 saturated carbocycles. The van der Waals surface area contributed by atoms with Gasteiger partial charge in [-0.15, -0.1) is 11.3 Å². The second kappa shape index (κ2) is 10.6. The summed E-state index contributed by atoms with van der Waals surface area (Å²) in [6.07, 6.45) is 4.12. The normalized spacial score (nSPS) is 20.2. The summed E-state index contributed by atoms with van der Waals surface area (Å²) in [4.78, 5) is 30.0. The van der Waals surface area contributed by atoms with Crippen LogP contribution in [0.4, 0.5) is 4.39 Å². The van der Waals surface area contributed by atoms with Gasteiger partial charge in [-0.3, -0.25) is 20.4 Å². The van der Waals surface area contributed by atoms with E-state index in [0.717, 1.165) is 37.8 Å². The molecule has 1 fully saturated rings. The van der Waals surface area contributed by atoms with Gasteiger partial charge in [-0.1, -0.05) is 12.1 Å². The summed E-state index contributed by atoms with van der Waals surface area (Å²) in [5, 5.41) is 2.08. The first-order valence-corrected chi connectivity index (χ1v) is 12.2. The molecule has 2 aromatic rings. The van der Waals surface area contributed by atoms with Crippen LogP contribution in [0.1, 0.15) is 54.1 Å². The number of carbonyl (C=O) groups excluding carboxylic acids is 2. The zero-order chi connectivity index (χ0) is 22.5. The van der Waals surface area contributed by atoms with E-state index >= 15 is 0 Å². The Hall–Kier alpha value is -2.29. The molecule has 2 amide bonds. The monoisotopic (exact) mass is 458 g/mol. The SMILES string of the molecule is CN(CCCC1CC(c2cccc(F)c2)NN1)C(=O)CCC(=O)N1CCc2sccc2C1. The van der Waals surface area contributed by atoms with Crippen molar-refractivity contribution in [1.29, 1.82) is 0 Å². The standard InChI is InChI=1S/C24H31FN4O2S/c1-28(11-3-6-20-15-21(27-26-20)17-4-2-5-19(25)14-17)23(30)7-8-24(31)29-12-9-22-18(16-29)10-13-32-22/h2,4-5,10,13-14,20-21,26-27H,3,6-9,11-12,15-16H2,1H3. The maximum Gasteiger partial charge on any atom is 0.223 e. The molecule has 2 aliphatic heterocycles. The molecule has 1 aromatic heterocycles. The molecule has 3 heterocycles. The van der Waals surface area contributed by atoms with Crippen molar-refractivity contribution in [2.24, 2.45) is 0 Å². The molecule has 2 atom stereocenters. The summed E-state index contributed by atoms with van der Waals surface area (Å²) in [6, 6.07) is 9.16. The van der Waals surface area contributed by atoms with Crippen LogP contribution in [0.25, 0.3) is 0 Å². The fraction of sp³-hybridized carbons (Fsp3) is 0.500. The maximum atomic E-state index is 13.4. The molecule has 0 bridgehead atoms. The lowest BCUT2D eigenvalue weighted by Gasteiger charge is -2.27. The third kappa shape index (κ3) is 5.74. The van der Waals surface area contributed by atoms with Crippen molar-refractivity contribution >= 4 is 23.2 Å². The summed E-state index contributed by atoms with van der Waals surface area (Å²) in [6.45, 7) is 2.08. The van der Waals surface area contributed by atoms with Gasteiger partial charge in [-0.25, -0.2) is 4.39 Å². The molecule has 0 spiro atoms. The molecule has 32 heavy (non-hydrogen) atoms. The average Bonchev–Trinajstić information content (AvgIpc) is 3.46. The number of benzene rings is 1. The fourth-order valence-corrected chi connectivity index (χ4v) is 5.37. The molecule has 6 nitrogen and oxygen atoms in total. The van der Waals surface area contributed by atoms with Crippen molar-refractivity contribution in [2.75, 3.05) is 20.1 Å². The molecular weight excluding hydrogens is 427 g/mol. The van der Waals surface area contributed by atoms with Crippen molar-refractivity contribution < 1.29 is 14.0 Å². The van der Waals surface area contributed by atoms with Gasteiger partial charge in [0.05, 0.1) is 0 Å². The van der Waals surface area contributed by atoms with Gasteiger partial charge < -0.3 is 9.80 Å². The zero-order valence-electron chi connectivity index (χ0n) is 18.5. The lowest BCUT2D eigenvalue weighted by molar-refractivity contribution is -0.137. The Morgan fingerprint density at radius 1 is 1.25 bits per heavy atom. The summed E-state index contributed by atoms with van der Waals surface area (Å²) in [5.41, 5.74) is 8.71. The van der Waals surface area contributed by atoms with Crippen molar-refractivity contribution in [3.63, 3.8) is 0 Å². The summed E-state index contributed by atoms with van der Waals surface area (Å²) in [7, 11) is 1.81. The van der Waals surface area contributed by atoms with Gasteiger partial charge in [0.15, 0.2) is 0 Å². The molecule has 8 heteroatoms. The Balaban J connectivity index is 1.13. The fourth-order valence-electron chi connectivity index (χ4n) is 4.48. The molecule has 4 rings (SSSR count). The Kier molecular flexibility index (Phi) is 7.55. The van der Waals surface area contributed by atoms with Crippen LogP contribution in [0.15, 0.2) is 35.7 Å². The number of halogens is 1. The highest BCUT2D eigenvalue weighted by Crippen LogP contribution is 2.25. The van der Waals surface area contributed by atoms with Crippen LogP contribution in [0, 0.1) is 5.82 Å². The van der Waals surface area contributed by atoms with E-state index in [1.807, 2.05) is 11.0 Å². The van der Waals surface area contributed by atoms with Crippen molar-refractivity contribution in [1.82, 2.24) is 20.7 Å². The van der Waals surface area contributed by atoms with Gasteiger partial charge in [-0.05, 0) is 60.4 Å². The van der Waals surface area contributed by atoms with E-state index in [4.69, 9.17) is 0 Å². The minimum Gasteiger partial charge on any atom is -0.346 e. The second-order valence-electron chi connectivity index (χ2n) is 8.72. The molecule has 1 saturated heterocycles. The van der Waals surface area contributed by atoms with E-state index < -0.39 is 0 Å². The molecule has 172 valence electrons. The number of carbonyl (C=O) groups is 2. The van der Waals surface area contributed by atoms with E-state index in [-0.39, 0.29) is 42.6 Å². The summed E-state index contributed by atoms with van der Waals surface area (Å²) >= 11 is 1.76.